The molecule has 0 N–H and O–H groups in total. The predicted octanol–water partition coefficient (Wildman–Crippen LogP) is 2.32. The summed E-state index contributed by atoms with van der Waals surface area (Å²) < 4.78 is 0. The number of rotatable bonds is 1. The highest BCUT2D eigenvalue weighted by atomic mass is 15.3. The van der Waals surface area contributed by atoms with Crippen LogP contribution in [-0.2, 0) is 0 Å². The van der Waals surface area contributed by atoms with Crippen LogP contribution in [0.15, 0.2) is 12.1 Å². The van der Waals surface area contributed by atoms with Crippen LogP contribution in [0.4, 0.5) is 5.82 Å². The lowest BCUT2D eigenvalue weighted by molar-refractivity contribution is 0.115. The minimum absolute atomic E-state index is 0.463. The van der Waals surface area contributed by atoms with Crippen molar-refractivity contribution in [1.29, 1.82) is 5.26 Å². The number of pyridine rings is 1. The quantitative estimate of drug-likeness (QED) is 0.785. The fourth-order valence-corrected chi connectivity index (χ4v) is 3.53. The molecule has 4 heteroatoms. The fourth-order valence-electron chi connectivity index (χ4n) is 3.53. The van der Waals surface area contributed by atoms with Gasteiger partial charge in [-0.15, -0.1) is 0 Å². The molecule has 4 nitrogen and oxygen atoms in total. The molecule has 0 saturated carbocycles. The van der Waals surface area contributed by atoms with Crippen LogP contribution in [0.3, 0.4) is 0 Å². The molecule has 20 heavy (non-hydrogen) atoms. The topological polar surface area (TPSA) is 43.2 Å². The lowest BCUT2D eigenvalue weighted by Gasteiger charge is -2.48. The smallest absolute Gasteiger partial charge is 0.130 e. The normalized spacial score (nSPS) is 26.9. The Morgan fingerprint density at radius 2 is 2.15 bits per heavy atom. The van der Waals surface area contributed by atoms with Gasteiger partial charge in [0.15, 0.2) is 0 Å². The number of anilines is 1. The van der Waals surface area contributed by atoms with Crippen LogP contribution >= 0.6 is 0 Å². The maximum atomic E-state index is 9.13. The average molecular weight is 270 g/mol. The highest BCUT2D eigenvalue weighted by molar-refractivity contribution is 5.48. The molecule has 2 saturated heterocycles. The summed E-state index contributed by atoms with van der Waals surface area (Å²) in [6.07, 6.45) is 3.97. The summed E-state index contributed by atoms with van der Waals surface area (Å²) in [7, 11) is 0. The van der Waals surface area contributed by atoms with Crippen molar-refractivity contribution in [3.05, 3.63) is 23.4 Å². The lowest BCUT2D eigenvalue weighted by atomic mass is 9.97. The van der Waals surface area contributed by atoms with Gasteiger partial charge < -0.3 is 4.90 Å². The van der Waals surface area contributed by atoms with Gasteiger partial charge in [0.05, 0.1) is 11.6 Å². The van der Waals surface area contributed by atoms with Crippen molar-refractivity contribution in [2.75, 3.05) is 24.5 Å². The van der Waals surface area contributed by atoms with Crippen LogP contribution in [0.5, 0.6) is 0 Å². The van der Waals surface area contributed by atoms with Crippen LogP contribution < -0.4 is 4.90 Å². The minimum atomic E-state index is 0.463. The van der Waals surface area contributed by atoms with Gasteiger partial charge in [0.25, 0.3) is 0 Å². The number of hydrogen-bond acceptors (Lipinski definition) is 4. The Bertz CT molecular complexity index is 534. The van der Waals surface area contributed by atoms with E-state index >= 15 is 0 Å². The van der Waals surface area contributed by atoms with E-state index in [-0.39, 0.29) is 0 Å². The van der Waals surface area contributed by atoms with E-state index in [0.717, 1.165) is 24.6 Å². The van der Waals surface area contributed by atoms with Crippen molar-refractivity contribution in [1.82, 2.24) is 9.88 Å². The molecule has 1 aromatic heterocycles. The zero-order valence-corrected chi connectivity index (χ0v) is 12.3. The summed E-state index contributed by atoms with van der Waals surface area (Å²) in [5.41, 5.74) is 1.64. The molecule has 0 aromatic carbocycles. The Labute approximate surface area is 121 Å². The number of hydrogen-bond donors (Lipinski definition) is 0. The Morgan fingerprint density at radius 1 is 1.30 bits per heavy atom. The number of aromatic nitrogens is 1. The van der Waals surface area contributed by atoms with Crippen molar-refractivity contribution >= 4 is 5.82 Å². The van der Waals surface area contributed by atoms with Crippen molar-refractivity contribution in [2.45, 2.75) is 45.2 Å². The molecule has 2 unspecified atom stereocenters. The Morgan fingerprint density at radius 3 is 2.95 bits per heavy atom. The molecule has 2 aliphatic heterocycles. The van der Waals surface area contributed by atoms with E-state index in [9.17, 15) is 0 Å². The zero-order valence-electron chi connectivity index (χ0n) is 12.3. The van der Waals surface area contributed by atoms with Crippen LogP contribution in [0.25, 0.3) is 0 Å². The van der Waals surface area contributed by atoms with E-state index < -0.39 is 0 Å². The van der Waals surface area contributed by atoms with Gasteiger partial charge in [-0.25, -0.2) is 4.98 Å². The average Bonchev–Trinajstić information content (AvgIpc) is 2.45. The molecule has 0 aliphatic carbocycles. The van der Waals surface area contributed by atoms with Gasteiger partial charge in [0.1, 0.15) is 5.82 Å². The van der Waals surface area contributed by atoms with Gasteiger partial charge in [-0.3, -0.25) is 4.90 Å². The number of nitrogens with zero attached hydrogens (tertiary/aromatic N) is 4. The molecule has 3 heterocycles. The third kappa shape index (κ3) is 2.51. The summed E-state index contributed by atoms with van der Waals surface area (Å²) in [6.45, 7) is 7.63. The van der Waals surface area contributed by atoms with Crippen LogP contribution in [0, 0.1) is 18.3 Å². The van der Waals surface area contributed by atoms with Crippen LogP contribution in [0.1, 0.15) is 37.4 Å². The van der Waals surface area contributed by atoms with Gasteiger partial charge >= 0.3 is 0 Å². The van der Waals surface area contributed by atoms with Crippen molar-refractivity contribution in [2.24, 2.45) is 0 Å². The third-order valence-electron chi connectivity index (χ3n) is 4.55. The zero-order chi connectivity index (χ0) is 14.1. The predicted molar refractivity (Wildman–Crippen MR) is 79.7 cm³/mol. The highest BCUT2D eigenvalue weighted by Gasteiger charge is 2.33. The molecule has 0 amide bonds. The molecule has 0 bridgehead atoms. The van der Waals surface area contributed by atoms with Crippen molar-refractivity contribution < 1.29 is 0 Å². The number of fused-ring (bicyclic) bond motifs is 1. The molecule has 2 fully saturated rings. The summed E-state index contributed by atoms with van der Waals surface area (Å²) in [4.78, 5) is 9.67. The molecular weight excluding hydrogens is 248 g/mol. The fraction of sp³-hybridized carbons (Fsp3) is 0.625. The molecule has 2 aliphatic rings. The number of piperidine rings is 1. The second-order valence-corrected chi connectivity index (χ2v) is 6.11. The molecule has 3 rings (SSSR count). The van der Waals surface area contributed by atoms with Gasteiger partial charge in [0.2, 0.25) is 0 Å². The highest BCUT2D eigenvalue weighted by Crippen LogP contribution is 2.27. The second kappa shape index (κ2) is 5.41. The number of piperazine rings is 1. The van der Waals surface area contributed by atoms with E-state index in [1.807, 2.05) is 19.1 Å². The third-order valence-corrected chi connectivity index (χ3v) is 4.55. The largest absolute Gasteiger partial charge is 0.351 e. The van der Waals surface area contributed by atoms with Gasteiger partial charge in [-0.2, -0.15) is 5.26 Å². The van der Waals surface area contributed by atoms with Gasteiger partial charge in [-0.05, 0) is 45.4 Å². The van der Waals surface area contributed by atoms with Crippen LogP contribution in [-0.4, -0.2) is 41.6 Å². The van der Waals surface area contributed by atoms with Crippen LogP contribution in [0.2, 0.25) is 0 Å². The standard InChI is InChI=1S/C16H22N4/c1-12-7-14(9-17)8-16(18-12)20-11-15-5-3-4-6-19(15)10-13(20)2/h7-8,13,15H,3-6,10-11H2,1-2H3. The molecule has 0 radical (unpaired) electrons. The molecule has 0 spiro atoms. The summed E-state index contributed by atoms with van der Waals surface area (Å²) in [5, 5.41) is 9.13. The molecular formula is C16H22N4. The first-order valence-electron chi connectivity index (χ1n) is 7.57. The SMILES string of the molecule is Cc1cc(C#N)cc(N2CC3CCCCN3CC2C)n1. The van der Waals surface area contributed by atoms with Gasteiger partial charge in [-0.1, -0.05) is 6.42 Å². The maximum Gasteiger partial charge on any atom is 0.130 e. The first kappa shape index (κ1) is 13.4. The van der Waals surface area contributed by atoms with E-state index in [4.69, 9.17) is 5.26 Å². The van der Waals surface area contributed by atoms with E-state index in [0.29, 0.717) is 17.6 Å². The Hall–Kier alpha value is -1.60. The Kier molecular flexibility index (Phi) is 3.62. The summed E-state index contributed by atoms with van der Waals surface area (Å²) >= 11 is 0. The monoisotopic (exact) mass is 270 g/mol. The van der Waals surface area contributed by atoms with Crippen molar-refractivity contribution in [3.63, 3.8) is 0 Å². The summed E-state index contributed by atoms with van der Waals surface area (Å²) in [6, 6.07) is 7.15. The van der Waals surface area contributed by atoms with E-state index in [1.54, 1.807) is 0 Å². The Balaban J connectivity index is 1.86. The minimum Gasteiger partial charge on any atom is -0.351 e. The first-order valence-corrected chi connectivity index (χ1v) is 7.57. The first-order chi connectivity index (χ1) is 9.67. The molecule has 106 valence electrons. The number of aryl methyl sites for hydroxylation is 1. The number of nitriles is 1. The molecule has 2 atom stereocenters. The van der Waals surface area contributed by atoms with Crippen molar-refractivity contribution in [3.8, 4) is 6.07 Å². The van der Waals surface area contributed by atoms with E-state index in [1.165, 1.54) is 25.8 Å². The van der Waals surface area contributed by atoms with E-state index in [2.05, 4.69) is 27.8 Å². The maximum absolute atomic E-state index is 9.13. The molecule has 1 aromatic rings. The van der Waals surface area contributed by atoms with Gasteiger partial charge in [0, 0.05) is 30.9 Å². The lowest BCUT2D eigenvalue weighted by Crippen LogP contribution is -2.59. The second-order valence-electron chi connectivity index (χ2n) is 6.11. The summed E-state index contributed by atoms with van der Waals surface area (Å²) in [5.74, 6) is 0.972.